The fraction of sp³-hybridized carbons (Fsp3) is 0.429. The molecule has 1 amide bonds. The Hall–Kier alpha value is -4.44. The summed E-state index contributed by atoms with van der Waals surface area (Å²) in [6.45, 7) is 1.48. The van der Waals surface area contributed by atoms with Crippen LogP contribution in [0.2, 0.25) is 0 Å². The highest BCUT2D eigenvalue weighted by atomic mass is 16.5. The average Bonchev–Trinajstić information content (AvgIpc) is 3.81. The number of aryl methyl sites for hydroxylation is 2. The molecular weight excluding hydrogens is 566 g/mol. The first-order valence-corrected chi connectivity index (χ1v) is 16.2. The summed E-state index contributed by atoms with van der Waals surface area (Å²) in [5, 5.41) is 1.04. The van der Waals surface area contributed by atoms with E-state index in [1.165, 1.54) is 0 Å². The lowest BCUT2D eigenvalue weighted by Crippen LogP contribution is -2.40. The fourth-order valence-corrected chi connectivity index (χ4v) is 7.78. The highest BCUT2D eigenvalue weighted by Crippen LogP contribution is 2.40. The summed E-state index contributed by atoms with van der Waals surface area (Å²) < 4.78 is 16.4. The van der Waals surface area contributed by atoms with Gasteiger partial charge in [0, 0.05) is 48.9 Å². The van der Waals surface area contributed by atoms with E-state index in [1.807, 2.05) is 42.3 Å². The van der Waals surface area contributed by atoms with Crippen molar-refractivity contribution in [2.75, 3.05) is 13.7 Å². The molecule has 0 radical (unpaired) electrons. The van der Waals surface area contributed by atoms with Gasteiger partial charge in [-0.2, -0.15) is 0 Å². The molecular formula is C35H39N7O3. The van der Waals surface area contributed by atoms with Gasteiger partial charge in [-0.3, -0.25) is 4.79 Å². The molecule has 10 nitrogen and oxygen atoms in total. The number of benzene rings is 1. The summed E-state index contributed by atoms with van der Waals surface area (Å²) in [6, 6.07) is 14.4. The maximum absolute atomic E-state index is 13.8. The van der Waals surface area contributed by atoms with Crippen molar-refractivity contribution in [3.63, 3.8) is 0 Å². The molecule has 0 saturated carbocycles. The van der Waals surface area contributed by atoms with Crippen LogP contribution in [0.25, 0.3) is 44.8 Å². The maximum atomic E-state index is 13.8. The quantitative estimate of drug-likeness (QED) is 0.280. The van der Waals surface area contributed by atoms with Gasteiger partial charge in [0.05, 0.1) is 36.2 Å². The Morgan fingerprint density at radius 1 is 1.04 bits per heavy atom. The van der Waals surface area contributed by atoms with E-state index in [1.54, 1.807) is 13.3 Å². The number of fused-ring (bicyclic) bond motifs is 6. The second kappa shape index (κ2) is 11.2. The Morgan fingerprint density at radius 3 is 2.73 bits per heavy atom. The number of nitrogens with zero attached hydrogens (tertiary/aromatic N) is 6. The highest BCUT2D eigenvalue weighted by molar-refractivity contribution is 6.01. The van der Waals surface area contributed by atoms with E-state index in [-0.39, 0.29) is 24.0 Å². The van der Waals surface area contributed by atoms with Crippen LogP contribution < -0.4 is 15.2 Å². The highest BCUT2D eigenvalue weighted by Gasteiger charge is 2.47. The van der Waals surface area contributed by atoms with Crippen LogP contribution in [0.15, 0.2) is 48.7 Å². The number of hydrogen-bond donors (Lipinski definition) is 1. The van der Waals surface area contributed by atoms with Crippen LogP contribution in [-0.2, 0) is 13.6 Å². The molecule has 3 aliphatic rings. The summed E-state index contributed by atoms with van der Waals surface area (Å²) in [5.74, 6) is 2.08. The Kier molecular flexibility index (Phi) is 6.97. The largest absolute Gasteiger partial charge is 0.494 e. The minimum Gasteiger partial charge on any atom is -0.494 e. The van der Waals surface area contributed by atoms with Crippen LogP contribution in [0.5, 0.6) is 11.6 Å². The normalized spacial score (nSPS) is 21.7. The van der Waals surface area contributed by atoms with Crippen molar-refractivity contribution in [1.29, 1.82) is 0 Å². The van der Waals surface area contributed by atoms with Crippen molar-refractivity contribution in [3.05, 3.63) is 54.2 Å². The van der Waals surface area contributed by atoms with Gasteiger partial charge in [0.15, 0.2) is 5.82 Å². The summed E-state index contributed by atoms with van der Waals surface area (Å²) in [7, 11) is 3.67. The van der Waals surface area contributed by atoms with Gasteiger partial charge in [-0.1, -0.05) is 19.3 Å². The van der Waals surface area contributed by atoms with Gasteiger partial charge in [-0.05, 0) is 74.6 Å². The molecule has 232 valence electrons. The standard InChI is InChI=1S/C35H39N7O3/c1-40-31-27(17-22(19-30(31)44-2)35(43)42-23-11-13-28(42)25(36)20-23)39-33(40)29-18-21-10-12-26-24-9-8-14-37-34(24)45-16-7-5-3-4-6-15-41(29)32(21)38-26/h8-10,12,14,17-19,23,25,28H,3-7,11,13,15-16,20,36H2,1-2H3/t23-,25+,28+/m0/s1. The Bertz CT molecular complexity index is 1930. The lowest BCUT2D eigenvalue weighted by atomic mass is 9.97. The third kappa shape index (κ3) is 4.65. The summed E-state index contributed by atoms with van der Waals surface area (Å²) in [5.41, 5.74) is 12.2. The monoisotopic (exact) mass is 605 g/mol. The molecule has 10 heteroatoms. The molecule has 5 aromatic rings. The average molecular weight is 606 g/mol. The summed E-state index contributed by atoms with van der Waals surface area (Å²) >= 11 is 0. The van der Waals surface area contributed by atoms with Crippen molar-refractivity contribution in [1.82, 2.24) is 29.0 Å². The molecule has 8 rings (SSSR count). The van der Waals surface area contributed by atoms with Crippen LogP contribution in [0, 0.1) is 0 Å². The number of carbonyl (C=O) groups is 1. The van der Waals surface area contributed by atoms with Crippen LogP contribution in [0.3, 0.4) is 0 Å². The minimum absolute atomic E-state index is 0.0144. The number of ether oxygens (including phenoxy) is 2. The lowest BCUT2D eigenvalue weighted by molar-refractivity contribution is 0.0726. The van der Waals surface area contributed by atoms with Gasteiger partial charge in [0.1, 0.15) is 16.9 Å². The molecule has 1 aromatic carbocycles. The van der Waals surface area contributed by atoms with Gasteiger partial charge in [-0.15, -0.1) is 0 Å². The number of pyridine rings is 2. The molecule has 3 aliphatic heterocycles. The first-order chi connectivity index (χ1) is 22.0. The lowest BCUT2D eigenvalue weighted by Gasteiger charge is -2.23. The number of rotatable bonds is 3. The number of hydrogen-bond acceptors (Lipinski definition) is 7. The van der Waals surface area contributed by atoms with Gasteiger partial charge in [0.25, 0.3) is 5.91 Å². The predicted octanol–water partition coefficient (Wildman–Crippen LogP) is 5.71. The number of imidazole rings is 1. The van der Waals surface area contributed by atoms with E-state index < -0.39 is 0 Å². The van der Waals surface area contributed by atoms with E-state index in [2.05, 4.69) is 26.3 Å². The second-order valence-electron chi connectivity index (χ2n) is 12.7. The first-order valence-electron chi connectivity index (χ1n) is 16.2. The number of methoxy groups -OCH3 is 1. The third-order valence-corrected chi connectivity index (χ3v) is 10.0. The molecule has 4 aromatic heterocycles. The SMILES string of the molecule is COc1cc(C(=O)N2[C@H]3CC[C@@H]2[C@H](N)C3)cc2nc(-c3cc4ccc5nc4n3CCCCCCCOc3ncccc3-5)n(C)c12. The molecule has 0 spiro atoms. The molecule has 45 heavy (non-hydrogen) atoms. The Labute approximate surface area is 262 Å². The van der Waals surface area contributed by atoms with E-state index >= 15 is 0 Å². The van der Waals surface area contributed by atoms with Crippen LogP contribution in [-0.4, -0.2) is 66.7 Å². The molecule has 0 aliphatic carbocycles. The first kappa shape index (κ1) is 28.1. The van der Waals surface area contributed by atoms with Crippen molar-refractivity contribution in [3.8, 4) is 34.4 Å². The fourth-order valence-electron chi connectivity index (χ4n) is 7.78. The van der Waals surface area contributed by atoms with Crippen LogP contribution in [0.4, 0.5) is 0 Å². The van der Waals surface area contributed by atoms with E-state index in [9.17, 15) is 4.79 Å². The van der Waals surface area contributed by atoms with E-state index in [0.717, 1.165) is 103 Å². The summed E-state index contributed by atoms with van der Waals surface area (Å²) in [4.78, 5) is 30.7. The molecule has 0 unspecified atom stereocenters. The van der Waals surface area contributed by atoms with Crippen LogP contribution in [0.1, 0.15) is 61.7 Å². The minimum atomic E-state index is 0.0144. The van der Waals surface area contributed by atoms with Gasteiger partial charge < -0.3 is 29.2 Å². The number of amides is 1. The summed E-state index contributed by atoms with van der Waals surface area (Å²) in [6.07, 6.45) is 10.1. The Balaban J connectivity index is 1.25. The molecule has 3 atom stereocenters. The number of nitrogens with two attached hydrogens (primary N) is 1. The predicted molar refractivity (Wildman–Crippen MR) is 173 cm³/mol. The zero-order chi connectivity index (χ0) is 30.7. The van der Waals surface area contributed by atoms with Crippen molar-refractivity contribution in [2.45, 2.75) is 76.0 Å². The second-order valence-corrected chi connectivity index (χ2v) is 12.7. The van der Waals surface area contributed by atoms with E-state index in [0.29, 0.717) is 23.8 Å². The zero-order valence-electron chi connectivity index (χ0n) is 25.9. The Morgan fingerprint density at radius 2 is 1.91 bits per heavy atom. The molecule has 2 fully saturated rings. The number of carbonyl (C=O) groups excluding carboxylic acids is 1. The molecule has 4 bridgehead atoms. The molecule has 7 heterocycles. The third-order valence-electron chi connectivity index (χ3n) is 10.0. The smallest absolute Gasteiger partial charge is 0.254 e. The topological polar surface area (TPSA) is 113 Å². The number of aromatic nitrogens is 5. The van der Waals surface area contributed by atoms with Gasteiger partial charge >= 0.3 is 0 Å². The molecule has 2 N–H and O–H groups in total. The van der Waals surface area contributed by atoms with Crippen molar-refractivity contribution < 1.29 is 14.3 Å². The molecule has 2 saturated heterocycles. The maximum Gasteiger partial charge on any atom is 0.254 e. The van der Waals surface area contributed by atoms with Crippen LogP contribution >= 0.6 is 0 Å². The van der Waals surface area contributed by atoms with Crippen molar-refractivity contribution in [2.24, 2.45) is 12.8 Å². The van der Waals surface area contributed by atoms with E-state index in [4.69, 9.17) is 25.2 Å². The van der Waals surface area contributed by atoms with Gasteiger partial charge in [0.2, 0.25) is 5.88 Å². The van der Waals surface area contributed by atoms with Crippen molar-refractivity contribution >= 4 is 28.0 Å². The van der Waals surface area contributed by atoms with Gasteiger partial charge in [-0.25, -0.2) is 15.0 Å². The zero-order valence-corrected chi connectivity index (χ0v) is 25.9.